The van der Waals surface area contributed by atoms with Crippen LogP contribution in [0.4, 0.5) is 0 Å². The number of ether oxygens (including phenoxy) is 3. The van der Waals surface area contributed by atoms with E-state index in [1.807, 2.05) is 55.5 Å². The average Bonchev–Trinajstić information content (AvgIpc) is 3.26. The largest absolute Gasteiger partial charge is 0.489 e. The fourth-order valence-electron chi connectivity index (χ4n) is 3.87. The van der Waals surface area contributed by atoms with Gasteiger partial charge >= 0.3 is 5.97 Å². The maximum atomic E-state index is 11.8. The Morgan fingerprint density at radius 2 is 1.91 bits per heavy atom. The van der Waals surface area contributed by atoms with Crippen LogP contribution in [0.15, 0.2) is 59.1 Å². The number of nitrogens with zero attached hydrogens (tertiary/aromatic N) is 1. The number of pyridine rings is 1. The molecule has 0 atom stereocenters. The predicted octanol–water partition coefficient (Wildman–Crippen LogP) is 4.70. The molecule has 2 N–H and O–H groups in total. The van der Waals surface area contributed by atoms with Crippen molar-refractivity contribution in [3.05, 3.63) is 82.9 Å². The number of carbonyl (C=O) groups excluding carboxylic acids is 1. The number of rotatable bonds is 9. The molecule has 2 aromatic carbocycles. The molecule has 0 aliphatic rings. The molecule has 176 valence electrons. The van der Waals surface area contributed by atoms with Gasteiger partial charge < -0.3 is 24.4 Å². The minimum absolute atomic E-state index is 0.150. The number of nitrogens with two attached hydrogens (primary N) is 1. The molecule has 7 heteroatoms. The van der Waals surface area contributed by atoms with Crippen LogP contribution < -0.4 is 10.5 Å². The average molecular weight is 461 g/mol. The van der Waals surface area contributed by atoms with E-state index in [9.17, 15) is 4.79 Å². The molecule has 0 spiro atoms. The highest BCUT2D eigenvalue weighted by molar-refractivity contribution is 5.93. The highest BCUT2D eigenvalue weighted by Gasteiger charge is 2.15. The van der Waals surface area contributed by atoms with Gasteiger partial charge in [-0.1, -0.05) is 12.1 Å². The Bertz CT molecular complexity index is 1310. The third-order valence-corrected chi connectivity index (χ3v) is 5.53. The van der Waals surface area contributed by atoms with Crippen molar-refractivity contribution in [2.24, 2.45) is 5.73 Å². The van der Waals surface area contributed by atoms with E-state index in [0.29, 0.717) is 25.5 Å². The summed E-state index contributed by atoms with van der Waals surface area (Å²) in [4.78, 5) is 16.1. The maximum Gasteiger partial charge on any atom is 0.310 e. The van der Waals surface area contributed by atoms with E-state index in [2.05, 4.69) is 4.98 Å². The van der Waals surface area contributed by atoms with E-state index < -0.39 is 0 Å². The zero-order valence-electron chi connectivity index (χ0n) is 19.6. The van der Waals surface area contributed by atoms with Crippen LogP contribution in [0.5, 0.6) is 5.75 Å². The monoisotopic (exact) mass is 460 g/mol. The van der Waals surface area contributed by atoms with Crippen LogP contribution in [0, 0.1) is 6.92 Å². The SMILES string of the molecule is COCc1cc2cc(COc3cc(C)ccc3CC(=O)OC)cc(-c3ccnc(CN)c3)c2o1. The summed E-state index contributed by atoms with van der Waals surface area (Å²) in [6.45, 7) is 3.04. The third-order valence-electron chi connectivity index (χ3n) is 5.53. The van der Waals surface area contributed by atoms with Crippen molar-refractivity contribution < 1.29 is 23.4 Å². The number of aromatic nitrogens is 1. The Morgan fingerprint density at radius 3 is 2.68 bits per heavy atom. The zero-order chi connectivity index (χ0) is 24.1. The van der Waals surface area contributed by atoms with Gasteiger partial charge in [0.15, 0.2) is 0 Å². The van der Waals surface area contributed by atoms with E-state index >= 15 is 0 Å². The van der Waals surface area contributed by atoms with Crippen LogP contribution in [0.25, 0.3) is 22.1 Å². The Hall–Kier alpha value is -3.68. The molecule has 0 bridgehead atoms. The molecule has 4 aromatic rings. The molecular formula is C27H28N2O5. The number of hydrogen-bond acceptors (Lipinski definition) is 7. The molecule has 0 radical (unpaired) electrons. The molecule has 2 aromatic heterocycles. The number of esters is 1. The van der Waals surface area contributed by atoms with Gasteiger partial charge in [-0.05, 0) is 60.0 Å². The lowest BCUT2D eigenvalue weighted by Gasteiger charge is -2.13. The van der Waals surface area contributed by atoms with E-state index in [-0.39, 0.29) is 12.4 Å². The summed E-state index contributed by atoms with van der Waals surface area (Å²) in [6, 6.07) is 15.8. The van der Waals surface area contributed by atoms with Crippen molar-refractivity contribution in [3.63, 3.8) is 0 Å². The van der Waals surface area contributed by atoms with Gasteiger partial charge in [-0.25, -0.2) is 0 Å². The van der Waals surface area contributed by atoms with Gasteiger partial charge in [0.25, 0.3) is 0 Å². The summed E-state index contributed by atoms with van der Waals surface area (Å²) in [5.74, 6) is 1.09. The van der Waals surface area contributed by atoms with Crippen LogP contribution in [-0.4, -0.2) is 25.2 Å². The smallest absolute Gasteiger partial charge is 0.310 e. The summed E-state index contributed by atoms with van der Waals surface area (Å²) in [6.07, 6.45) is 1.90. The normalized spacial score (nSPS) is 11.1. The zero-order valence-corrected chi connectivity index (χ0v) is 19.6. The third kappa shape index (κ3) is 5.27. The second-order valence-corrected chi connectivity index (χ2v) is 8.10. The van der Waals surface area contributed by atoms with Crippen molar-refractivity contribution in [1.82, 2.24) is 4.98 Å². The van der Waals surface area contributed by atoms with Crippen LogP contribution in [-0.2, 0) is 40.4 Å². The van der Waals surface area contributed by atoms with Gasteiger partial charge in [0, 0.05) is 36.4 Å². The summed E-state index contributed by atoms with van der Waals surface area (Å²) < 4.78 is 22.4. The van der Waals surface area contributed by atoms with Gasteiger partial charge in [0.05, 0.1) is 19.2 Å². The first kappa shape index (κ1) is 23.5. The fourth-order valence-corrected chi connectivity index (χ4v) is 3.87. The first-order chi connectivity index (χ1) is 16.5. The van der Waals surface area contributed by atoms with Gasteiger partial charge in [0.1, 0.15) is 30.3 Å². The number of fused-ring (bicyclic) bond motifs is 1. The van der Waals surface area contributed by atoms with Gasteiger partial charge in [0.2, 0.25) is 0 Å². The Labute approximate surface area is 198 Å². The summed E-state index contributed by atoms with van der Waals surface area (Å²) in [7, 11) is 3.02. The number of aryl methyl sites for hydroxylation is 1. The van der Waals surface area contributed by atoms with E-state index in [1.54, 1.807) is 13.3 Å². The van der Waals surface area contributed by atoms with Crippen LogP contribution in [0.2, 0.25) is 0 Å². The van der Waals surface area contributed by atoms with Crippen LogP contribution in [0.3, 0.4) is 0 Å². The molecule has 4 rings (SSSR count). The predicted molar refractivity (Wildman–Crippen MR) is 129 cm³/mol. The van der Waals surface area contributed by atoms with E-state index in [0.717, 1.165) is 50.2 Å². The number of furan rings is 1. The molecule has 0 aliphatic carbocycles. The van der Waals surface area contributed by atoms with Crippen LogP contribution in [0.1, 0.15) is 28.1 Å². The van der Waals surface area contributed by atoms with Gasteiger partial charge in [-0.15, -0.1) is 0 Å². The van der Waals surface area contributed by atoms with Crippen molar-refractivity contribution in [1.29, 1.82) is 0 Å². The Balaban J connectivity index is 1.71. The summed E-state index contributed by atoms with van der Waals surface area (Å²) in [5, 5.41) is 0.952. The molecule has 0 saturated heterocycles. The number of methoxy groups -OCH3 is 2. The Morgan fingerprint density at radius 1 is 1.06 bits per heavy atom. The van der Waals surface area contributed by atoms with E-state index in [1.165, 1.54) is 7.11 Å². The standard InChI is InChI=1S/C27H28N2O5/c1-17-4-5-20(13-26(30)32-3)25(8-17)33-15-18-9-21-12-23(16-31-2)34-27(21)24(10-18)19-6-7-29-22(11-19)14-28/h4-12H,13-16,28H2,1-3H3. The molecule has 34 heavy (non-hydrogen) atoms. The lowest BCUT2D eigenvalue weighted by molar-refractivity contribution is -0.139. The lowest BCUT2D eigenvalue weighted by Crippen LogP contribution is -2.07. The van der Waals surface area contributed by atoms with Crippen molar-refractivity contribution >= 4 is 16.9 Å². The number of hydrogen-bond donors (Lipinski definition) is 1. The molecule has 2 heterocycles. The Kier molecular flexibility index (Phi) is 7.25. The molecule has 0 saturated carbocycles. The fraction of sp³-hybridized carbons (Fsp3) is 0.259. The highest BCUT2D eigenvalue weighted by atomic mass is 16.5. The summed E-state index contributed by atoms with van der Waals surface area (Å²) >= 11 is 0. The van der Waals surface area contributed by atoms with Crippen molar-refractivity contribution in [2.75, 3.05) is 14.2 Å². The maximum absolute atomic E-state index is 11.8. The highest BCUT2D eigenvalue weighted by Crippen LogP contribution is 2.34. The summed E-state index contributed by atoms with van der Waals surface area (Å²) in [5.41, 5.74) is 12.1. The number of carbonyl (C=O) groups is 1. The van der Waals surface area contributed by atoms with Crippen molar-refractivity contribution in [2.45, 2.75) is 33.1 Å². The van der Waals surface area contributed by atoms with Crippen molar-refractivity contribution in [3.8, 4) is 16.9 Å². The number of benzene rings is 2. The minimum Gasteiger partial charge on any atom is -0.489 e. The second-order valence-electron chi connectivity index (χ2n) is 8.10. The molecule has 7 nitrogen and oxygen atoms in total. The molecular weight excluding hydrogens is 432 g/mol. The van der Waals surface area contributed by atoms with E-state index in [4.69, 9.17) is 24.4 Å². The molecule has 0 amide bonds. The van der Waals surface area contributed by atoms with Crippen LogP contribution >= 0.6 is 0 Å². The lowest BCUT2D eigenvalue weighted by atomic mass is 10.0. The van der Waals surface area contributed by atoms with Gasteiger partial charge in [-0.3, -0.25) is 9.78 Å². The molecule has 0 fully saturated rings. The topological polar surface area (TPSA) is 96.8 Å². The minimum atomic E-state index is -0.310. The first-order valence-corrected chi connectivity index (χ1v) is 11.0. The second kappa shape index (κ2) is 10.5. The molecule has 0 unspecified atom stereocenters. The first-order valence-electron chi connectivity index (χ1n) is 11.0. The molecule has 0 aliphatic heterocycles. The van der Waals surface area contributed by atoms with Gasteiger partial charge in [-0.2, -0.15) is 0 Å². The quantitative estimate of drug-likeness (QED) is 0.362.